The van der Waals surface area contributed by atoms with Crippen molar-refractivity contribution in [1.82, 2.24) is 0 Å². The van der Waals surface area contributed by atoms with Crippen LogP contribution in [0.2, 0.25) is 0 Å². The van der Waals surface area contributed by atoms with Gasteiger partial charge in [-0.05, 0) is 25.0 Å². The highest BCUT2D eigenvalue weighted by atomic mass is 19.1. The lowest BCUT2D eigenvalue weighted by Crippen LogP contribution is -2.38. The van der Waals surface area contributed by atoms with Gasteiger partial charge in [0.1, 0.15) is 0 Å². The number of hydrogen-bond donors (Lipinski definition) is 1. The molecule has 0 bridgehead atoms. The molecule has 0 spiro atoms. The first-order valence-corrected chi connectivity index (χ1v) is 6.33. The van der Waals surface area contributed by atoms with Crippen molar-refractivity contribution in [2.75, 3.05) is 13.2 Å². The summed E-state index contributed by atoms with van der Waals surface area (Å²) in [4.78, 5) is 0. The number of halogens is 1. The predicted molar refractivity (Wildman–Crippen MR) is 66.5 cm³/mol. The van der Waals surface area contributed by atoms with Gasteiger partial charge in [0.05, 0.1) is 6.61 Å². The van der Waals surface area contributed by atoms with Crippen LogP contribution in [0.25, 0.3) is 0 Å². The van der Waals surface area contributed by atoms with Crippen LogP contribution in [-0.2, 0) is 0 Å². The van der Waals surface area contributed by atoms with Gasteiger partial charge < -0.3 is 10.5 Å². The third kappa shape index (κ3) is 2.97. The minimum Gasteiger partial charge on any atom is -0.490 e. The second-order valence-electron chi connectivity index (χ2n) is 4.98. The first-order valence-electron chi connectivity index (χ1n) is 6.33. The SMILES string of the molecule is NCC1(COc2ccccc2F)CCCCC1. The Bertz CT molecular complexity index is 361. The Kier molecular flexibility index (Phi) is 4.00. The van der Waals surface area contributed by atoms with E-state index in [-0.39, 0.29) is 11.2 Å². The van der Waals surface area contributed by atoms with Crippen LogP contribution in [0.4, 0.5) is 4.39 Å². The van der Waals surface area contributed by atoms with E-state index < -0.39 is 0 Å². The Morgan fingerprint density at radius 3 is 2.53 bits per heavy atom. The fraction of sp³-hybridized carbons (Fsp3) is 0.571. The summed E-state index contributed by atoms with van der Waals surface area (Å²) in [5, 5.41) is 0. The molecule has 0 atom stereocenters. The van der Waals surface area contributed by atoms with E-state index in [4.69, 9.17) is 10.5 Å². The maximum Gasteiger partial charge on any atom is 0.165 e. The second-order valence-corrected chi connectivity index (χ2v) is 4.98. The topological polar surface area (TPSA) is 35.2 Å². The van der Waals surface area contributed by atoms with Gasteiger partial charge in [-0.25, -0.2) is 4.39 Å². The molecule has 0 radical (unpaired) electrons. The number of benzene rings is 1. The summed E-state index contributed by atoms with van der Waals surface area (Å²) in [6.07, 6.45) is 5.88. The molecule has 3 heteroatoms. The Morgan fingerprint density at radius 1 is 1.18 bits per heavy atom. The van der Waals surface area contributed by atoms with Crippen molar-refractivity contribution in [3.8, 4) is 5.75 Å². The molecule has 0 heterocycles. The standard InChI is InChI=1S/C14H20FNO/c15-12-6-2-3-7-13(12)17-11-14(10-16)8-4-1-5-9-14/h2-3,6-7H,1,4-5,8-11,16H2. The third-order valence-electron chi connectivity index (χ3n) is 3.72. The van der Waals surface area contributed by atoms with Gasteiger partial charge >= 0.3 is 0 Å². The smallest absolute Gasteiger partial charge is 0.165 e. The average molecular weight is 237 g/mol. The minimum absolute atomic E-state index is 0.0561. The van der Waals surface area contributed by atoms with Crippen molar-refractivity contribution in [3.05, 3.63) is 30.1 Å². The van der Waals surface area contributed by atoms with Gasteiger partial charge in [0.2, 0.25) is 0 Å². The highest BCUT2D eigenvalue weighted by Crippen LogP contribution is 2.36. The summed E-state index contributed by atoms with van der Waals surface area (Å²) in [6, 6.07) is 6.55. The normalized spacial score (nSPS) is 18.9. The lowest BCUT2D eigenvalue weighted by atomic mass is 9.75. The number of nitrogens with two attached hydrogens (primary N) is 1. The monoisotopic (exact) mass is 237 g/mol. The molecular weight excluding hydrogens is 217 g/mol. The maximum atomic E-state index is 13.4. The van der Waals surface area contributed by atoms with Crippen molar-refractivity contribution >= 4 is 0 Å². The fourth-order valence-corrected chi connectivity index (χ4v) is 2.50. The lowest BCUT2D eigenvalue weighted by Gasteiger charge is -2.35. The molecule has 1 aliphatic rings. The predicted octanol–water partition coefficient (Wildman–Crippen LogP) is 3.11. The number of hydrogen-bond acceptors (Lipinski definition) is 2. The van der Waals surface area contributed by atoms with Crippen LogP contribution in [0.15, 0.2) is 24.3 Å². The summed E-state index contributed by atoms with van der Waals surface area (Å²) >= 11 is 0. The number of rotatable bonds is 4. The van der Waals surface area contributed by atoms with Crippen LogP contribution >= 0.6 is 0 Å². The summed E-state index contributed by atoms with van der Waals surface area (Å²) < 4.78 is 19.0. The summed E-state index contributed by atoms with van der Waals surface area (Å²) in [5.41, 5.74) is 5.92. The third-order valence-corrected chi connectivity index (χ3v) is 3.72. The largest absolute Gasteiger partial charge is 0.490 e. The molecule has 1 fully saturated rings. The Hall–Kier alpha value is -1.09. The molecule has 0 aliphatic heterocycles. The first-order chi connectivity index (χ1) is 8.26. The van der Waals surface area contributed by atoms with Crippen molar-refractivity contribution < 1.29 is 9.13 Å². The molecule has 0 aromatic heterocycles. The van der Waals surface area contributed by atoms with E-state index in [1.807, 2.05) is 0 Å². The van der Waals surface area contributed by atoms with Crippen molar-refractivity contribution in [1.29, 1.82) is 0 Å². The quantitative estimate of drug-likeness (QED) is 0.873. The zero-order chi connectivity index (χ0) is 12.1. The molecule has 94 valence electrons. The van der Waals surface area contributed by atoms with Crippen LogP contribution in [0.5, 0.6) is 5.75 Å². The fourth-order valence-electron chi connectivity index (χ4n) is 2.50. The summed E-state index contributed by atoms with van der Waals surface area (Å²) in [7, 11) is 0. The van der Waals surface area contributed by atoms with Gasteiger partial charge in [0.15, 0.2) is 11.6 Å². The summed E-state index contributed by atoms with van der Waals surface area (Å²) in [5.74, 6) is 0.0429. The molecule has 1 aromatic carbocycles. The van der Waals surface area contributed by atoms with E-state index in [2.05, 4.69) is 0 Å². The van der Waals surface area contributed by atoms with Crippen LogP contribution < -0.4 is 10.5 Å². The molecule has 0 amide bonds. The van der Waals surface area contributed by atoms with E-state index in [0.717, 1.165) is 12.8 Å². The van der Waals surface area contributed by atoms with Crippen molar-refractivity contribution in [2.45, 2.75) is 32.1 Å². The highest BCUT2D eigenvalue weighted by molar-refractivity contribution is 5.23. The van der Waals surface area contributed by atoms with Crippen LogP contribution in [0.1, 0.15) is 32.1 Å². The van der Waals surface area contributed by atoms with Crippen LogP contribution in [0.3, 0.4) is 0 Å². The molecular formula is C14H20FNO. The molecule has 1 aliphatic carbocycles. The molecule has 2 rings (SSSR count). The molecule has 1 saturated carbocycles. The van der Waals surface area contributed by atoms with Crippen LogP contribution in [-0.4, -0.2) is 13.2 Å². The van der Waals surface area contributed by atoms with E-state index in [9.17, 15) is 4.39 Å². The molecule has 1 aromatic rings. The molecule has 2 N–H and O–H groups in total. The Morgan fingerprint density at radius 2 is 1.88 bits per heavy atom. The zero-order valence-corrected chi connectivity index (χ0v) is 10.1. The van der Waals surface area contributed by atoms with Crippen LogP contribution in [0, 0.1) is 11.2 Å². The van der Waals surface area contributed by atoms with Gasteiger partial charge in [-0.1, -0.05) is 31.4 Å². The zero-order valence-electron chi connectivity index (χ0n) is 10.1. The molecule has 17 heavy (non-hydrogen) atoms. The molecule has 0 unspecified atom stereocenters. The number of para-hydroxylation sites is 1. The Balaban J connectivity index is 1.98. The minimum atomic E-state index is -0.296. The van der Waals surface area contributed by atoms with Crippen molar-refractivity contribution in [2.24, 2.45) is 11.1 Å². The average Bonchev–Trinajstić information content (AvgIpc) is 2.39. The Labute approximate surface area is 102 Å². The summed E-state index contributed by atoms with van der Waals surface area (Å²) in [6.45, 7) is 1.16. The van der Waals surface area contributed by atoms with E-state index in [1.54, 1.807) is 18.2 Å². The van der Waals surface area contributed by atoms with Gasteiger partial charge in [-0.2, -0.15) is 0 Å². The van der Waals surface area contributed by atoms with Crippen molar-refractivity contribution in [3.63, 3.8) is 0 Å². The molecule has 0 saturated heterocycles. The van der Waals surface area contributed by atoms with Gasteiger partial charge in [0.25, 0.3) is 0 Å². The van der Waals surface area contributed by atoms with E-state index in [1.165, 1.54) is 25.3 Å². The van der Waals surface area contributed by atoms with Gasteiger partial charge in [0, 0.05) is 12.0 Å². The highest BCUT2D eigenvalue weighted by Gasteiger charge is 2.31. The first kappa shape index (κ1) is 12.4. The number of ether oxygens (including phenoxy) is 1. The second kappa shape index (κ2) is 5.50. The molecule has 2 nitrogen and oxygen atoms in total. The van der Waals surface area contributed by atoms with E-state index >= 15 is 0 Å². The van der Waals surface area contributed by atoms with Gasteiger partial charge in [-0.3, -0.25) is 0 Å². The van der Waals surface area contributed by atoms with E-state index in [0.29, 0.717) is 18.9 Å². The van der Waals surface area contributed by atoms with Gasteiger partial charge in [-0.15, -0.1) is 0 Å². The maximum absolute atomic E-state index is 13.4. The lowest BCUT2D eigenvalue weighted by molar-refractivity contribution is 0.102.